The van der Waals surface area contributed by atoms with Crippen molar-refractivity contribution >= 4 is 17.2 Å². The van der Waals surface area contributed by atoms with Crippen LogP contribution in [0.3, 0.4) is 0 Å². The predicted octanol–water partition coefficient (Wildman–Crippen LogP) is 2.97. The van der Waals surface area contributed by atoms with Crippen molar-refractivity contribution in [1.29, 1.82) is 0 Å². The molecule has 1 N–H and O–H groups in total. The molecule has 0 aromatic carbocycles. The van der Waals surface area contributed by atoms with Crippen molar-refractivity contribution in [3.05, 3.63) is 21.9 Å². The molecule has 110 valence electrons. The van der Waals surface area contributed by atoms with Gasteiger partial charge in [0.05, 0.1) is 12.1 Å². The first-order chi connectivity index (χ1) is 9.72. The molecule has 1 amide bonds. The third-order valence-electron chi connectivity index (χ3n) is 4.80. The van der Waals surface area contributed by atoms with Gasteiger partial charge in [0.2, 0.25) is 5.91 Å². The maximum absolute atomic E-state index is 12.9. The molecule has 3 unspecified atom stereocenters. The molecule has 0 radical (unpaired) electrons. The van der Waals surface area contributed by atoms with Gasteiger partial charge in [-0.25, -0.2) is 0 Å². The molecule has 3 atom stereocenters. The van der Waals surface area contributed by atoms with Gasteiger partial charge in [-0.15, -0.1) is 11.3 Å². The normalized spacial score (nSPS) is 30.1. The Morgan fingerprint density at radius 1 is 1.55 bits per heavy atom. The summed E-state index contributed by atoms with van der Waals surface area (Å²) in [6.45, 7) is 6.26. The van der Waals surface area contributed by atoms with E-state index in [1.807, 2.05) is 11.3 Å². The van der Waals surface area contributed by atoms with Crippen molar-refractivity contribution < 1.29 is 4.79 Å². The molecule has 3 nitrogen and oxygen atoms in total. The molecule has 1 aromatic heterocycles. The Labute approximate surface area is 125 Å². The van der Waals surface area contributed by atoms with Crippen LogP contribution in [0.15, 0.2) is 11.4 Å². The van der Waals surface area contributed by atoms with Crippen molar-refractivity contribution in [1.82, 2.24) is 10.2 Å². The Morgan fingerprint density at radius 3 is 3.15 bits per heavy atom. The second-order valence-electron chi connectivity index (χ2n) is 6.06. The van der Waals surface area contributed by atoms with E-state index in [2.05, 4.69) is 35.5 Å². The summed E-state index contributed by atoms with van der Waals surface area (Å²) in [6.07, 6.45) is 4.39. The molecule has 1 saturated heterocycles. The maximum atomic E-state index is 12.9. The summed E-state index contributed by atoms with van der Waals surface area (Å²) in [5.41, 5.74) is 1.39. The number of amides is 1. The molecule has 2 aliphatic heterocycles. The highest BCUT2D eigenvalue weighted by molar-refractivity contribution is 7.10. The van der Waals surface area contributed by atoms with E-state index >= 15 is 0 Å². The van der Waals surface area contributed by atoms with Gasteiger partial charge in [-0.2, -0.15) is 0 Å². The fraction of sp³-hybridized carbons (Fsp3) is 0.688. The minimum atomic E-state index is 0.0259. The average Bonchev–Trinajstić information content (AvgIpc) is 2.94. The number of piperidine rings is 1. The summed E-state index contributed by atoms with van der Waals surface area (Å²) in [6, 6.07) is 2.53. The van der Waals surface area contributed by atoms with Gasteiger partial charge in [0.15, 0.2) is 0 Å². The monoisotopic (exact) mass is 292 g/mol. The quantitative estimate of drug-likeness (QED) is 0.909. The summed E-state index contributed by atoms with van der Waals surface area (Å²) in [4.78, 5) is 16.5. The molecular weight excluding hydrogens is 268 g/mol. The second kappa shape index (κ2) is 5.86. The van der Waals surface area contributed by atoms with Crippen LogP contribution in [0.25, 0.3) is 0 Å². The summed E-state index contributed by atoms with van der Waals surface area (Å²) >= 11 is 1.84. The van der Waals surface area contributed by atoms with Crippen LogP contribution in [-0.2, 0) is 11.2 Å². The Balaban J connectivity index is 1.81. The first-order valence-corrected chi connectivity index (χ1v) is 8.70. The van der Waals surface area contributed by atoms with Gasteiger partial charge in [-0.05, 0) is 55.2 Å². The molecule has 1 aromatic rings. The standard InChI is InChI=1S/C16H24N2OS/c1-3-13-12-7-10-20-14(12)6-9-18(13)16(19)15-11(2)5-4-8-17-15/h7,10-11,13,15,17H,3-6,8-9H2,1-2H3. The van der Waals surface area contributed by atoms with Gasteiger partial charge in [0.25, 0.3) is 0 Å². The second-order valence-corrected chi connectivity index (χ2v) is 7.06. The molecule has 4 heteroatoms. The maximum Gasteiger partial charge on any atom is 0.240 e. The molecule has 0 bridgehead atoms. The number of rotatable bonds is 2. The van der Waals surface area contributed by atoms with Crippen LogP contribution in [0.2, 0.25) is 0 Å². The van der Waals surface area contributed by atoms with Gasteiger partial charge < -0.3 is 10.2 Å². The first kappa shape index (κ1) is 14.1. The van der Waals surface area contributed by atoms with E-state index in [0.717, 1.165) is 32.4 Å². The number of carbonyl (C=O) groups excluding carboxylic acids is 1. The zero-order valence-electron chi connectivity index (χ0n) is 12.4. The lowest BCUT2D eigenvalue weighted by Gasteiger charge is -2.40. The molecule has 20 heavy (non-hydrogen) atoms. The number of hydrogen-bond donors (Lipinski definition) is 1. The van der Waals surface area contributed by atoms with E-state index in [1.54, 1.807) is 0 Å². The van der Waals surface area contributed by atoms with Gasteiger partial charge in [-0.1, -0.05) is 13.8 Å². The van der Waals surface area contributed by atoms with E-state index in [0.29, 0.717) is 11.8 Å². The lowest BCUT2D eigenvalue weighted by atomic mass is 9.89. The van der Waals surface area contributed by atoms with Crippen molar-refractivity contribution in [2.45, 2.75) is 51.6 Å². The fourth-order valence-corrected chi connectivity index (χ4v) is 4.59. The average molecular weight is 292 g/mol. The molecule has 0 spiro atoms. The number of nitrogens with zero attached hydrogens (tertiary/aromatic N) is 1. The Bertz CT molecular complexity index is 485. The van der Waals surface area contributed by atoms with Gasteiger partial charge in [0.1, 0.15) is 0 Å². The van der Waals surface area contributed by atoms with Gasteiger partial charge >= 0.3 is 0 Å². The Hall–Kier alpha value is -0.870. The highest BCUT2D eigenvalue weighted by Gasteiger charge is 2.36. The van der Waals surface area contributed by atoms with Crippen molar-refractivity contribution in [3.8, 4) is 0 Å². The van der Waals surface area contributed by atoms with E-state index in [4.69, 9.17) is 0 Å². The van der Waals surface area contributed by atoms with E-state index in [1.165, 1.54) is 16.9 Å². The number of fused-ring (bicyclic) bond motifs is 1. The lowest BCUT2D eigenvalue weighted by molar-refractivity contribution is -0.138. The van der Waals surface area contributed by atoms with Crippen LogP contribution >= 0.6 is 11.3 Å². The molecule has 2 aliphatic rings. The number of thiophene rings is 1. The third-order valence-corrected chi connectivity index (χ3v) is 5.80. The molecule has 3 heterocycles. The van der Waals surface area contributed by atoms with Crippen molar-refractivity contribution in [2.24, 2.45) is 5.92 Å². The fourth-order valence-electron chi connectivity index (χ4n) is 3.66. The first-order valence-electron chi connectivity index (χ1n) is 7.82. The highest BCUT2D eigenvalue weighted by Crippen LogP contribution is 2.36. The lowest BCUT2D eigenvalue weighted by Crippen LogP contribution is -2.54. The van der Waals surface area contributed by atoms with Crippen LogP contribution in [0, 0.1) is 5.92 Å². The number of carbonyl (C=O) groups is 1. The molecule has 0 aliphatic carbocycles. The van der Waals surface area contributed by atoms with E-state index in [-0.39, 0.29) is 12.1 Å². The smallest absolute Gasteiger partial charge is 0.240 e. The zero-order chi connectivity index (χ0) is 14.1. The summed E-state index contributed by atoms with van der Waals surface area (Å²) in [5, 5.41) is 5.61. The van der Waals surface area contributed by atoms with E-state index < -0.39 is 0 Å². The predicted molar refractivity (Wildman–Crippen MR) is 83.0 cm³/mol. The highest BCUT2D eigenvalue weighted by atomic mass is 32.1. The Kier molecular flexibility index (Phi) is 4.13. The zero-order valence-corrected chi connectivity index (χ0v) is 13.2. The summed E-state index contributed by atoms with van der Waals surface area (Å²) < 4.78 is 0. The summed E-state index contributed by atoms with van der Waals surface area (Å²) in [5.74, 6) is 0.776. The van der Waals surface area contributed by atoms with E-state index in [9.17, 15) is 4.79 Å². The molecule has 3 rings (SSSR count). The summed E-state index contributed by atoms with van der Waals surface area (Å²) in [7, 11) is 0. The molecule has 0 saturated carbocycles. The topological polar surface area (TPSA) is 32.3 Å². The third kappa shape index (κ3) is 2.40. The van der Waals surface area contributed by atoms with Crippen LogP contribution in [0.1, 0.15) is 49.6 Å². The number of hydrogen-bond acceptors (Lipinski definition) is 3. The van der Waals surface area contributed by atoms with Gasteiger partial charge in [0, 0.05) is 11.4 Å². The van der Waals surface area contributed by atoms with Crippen LogP contribution in [0.4, 0.5) is 0 Å². The van der Waals surface area contributed by atoms with Crippen molar-refractivity contribution in [3.63, 3.8) is 0 Å². The van der Waals surface area contributed by atoms with Crippen LogP contribution in [-0.4, -0.2) is 29.9 Å². The Morgan fingerprint density at radius 2 is 2.40 bits per heavy atom. The minimum Gasteiger partial charge on any atom is -0.334 e. The number of nitrogens with one attached hydrogen (secondary N) is 1. The van der Waals surface area contributed by atoms with Crippen molar-refractivity contribution in [2.75, 3.05) is 13.1 Å². The molecular formula is C16H24N2OS. The molecule has 1 fully saturated rings. The van der Waals surface area contributed by atoms with Gasteiger partial charge in [-0.3, -0.25) is 4.79 Å². The van der Waals surface area contributed by atoms with Crippen LogP contribution in [0.5, 0.6) is 0 Å². The largest absolute Gasteiger partial charge is 0.334 e. The van der Waals surface area contributed by atoms with Crippen LogP contribution < -0.4 is 5.32 Å². The minimum absolute atomic E-state index is 0.0259. The SMILES string of the molecule is CCC1c2ccsc2CCN1C(=O)C1NCCCC1C.